The molecule has 0 aliphatic heterocycles. The predicted octanol–water partition coefficient (Wildman–Crippen LogP) is 3.81. The largest absolute Gasteiger partial charge is 0.385 e. The minimum atomic E-state index is -1.32. The Kier molecular flexibility index (Phi) is 3.96. The fourth-order valence-corrected chi connectivity index (χ4v) is 2.23. The van der Waals surface area contributed by atoms with Gasteiger partial charge in [-0.1, -0.05) is 37.3 Å². The maximum atomic E-state index is 13.8. The third kappa shape index (κ3) is 2.99. The van der Waals surface area contributed by atoms with Crippen molar-refractivity contribution in [3.05, 3.63) is 71.3 Å². The van der Waals surface area contributed by atoms with E-state index >= 15 is 0 Å². The molecule has 19 heavy (non-hydrogen) atoms. The third-order valence-electron chi connectivity index (χ3n) is 3.35. The Bertz CT molecular complexity index is 568. The highest BCUT2D eigenvalue weighted by Gasteiger charge is 2.30. The van der Waals surface area contributed by atoms with E-state index in [2.05, 4.69) is 0 Å². The number of benzene rings is 2. The zero-order valence-corrected chi connectivity index (χ0v) is 10.7. The Morgan fingerprint density at radius 1 is 1.05 bits per heavy atom. The molecule has 2 aromatic carbocycles. The lowest BCUT2D eigenvalue weighted by Gasteiger charge is -2.28. The molecule has 0 aliphatic carbocycles. The van der Waals surface area contributed by atoms with Gasteiger partial charge in [-0.25, -0.2) is 8.78 Å². The molecule has 1 nitrogen and oxygen atoms in total. The second-order valence-electron chi connectivity index (χ2n) is 4.67. The molecule has 1 N–H and O–H groups in total. The molecule has 0 heterocycles. The molecule has 0 aromatic heterocycles. The fraction of sp³-hybridized carbons (Fsp3) is 0.250. The summed E-state index contributed by atoms with van der Waals surface area (Å²) < 4.78 is 27.0. The molecule has 2 aromatic rings. The van der Waals surface area contributed by atoms with E-state index in [1.165, 1.54) is 18.2 Å². The molecular weight excluding hydrogens is 246 g/mol. The Morgan fingerprint density at radius 2 is 1.79 bits per heavy atom. The van der Waals surface area contributed by atoms with Gasteiger partial charge in [0.05, 0.1) is 5.60 Å². The molecular formula is C16H16F2O. The molecule has 1 unspecified atom stereocenters. The van der Waals surface area contributed by atoms with Gasteiger partial charge in [-0.2, -0.15) is 0 Å². The first-order valence-electron chi connectivity index (χ1n) is 6.27. The van der Waals surface area contributed by atoms with E-state index in [0.717, 1.165) is 0 Å². The number of hydrogen-bond donors (Lipinski definition) is 1. The summed E-state index contributed by atoms with van der Waals surface area (Å²) in [4.78, 5) is 0. The summed E-state index contributed by atoms with van der Waals surface area (Å²) >= 11 is 0. The molecule has 0 fully saturated rings. The average Bonchev–Trinajstić information content (AvgIpc) is 2.39. The second kappa shape index (κ2) is 5.49. The van der Waals surface area contributed by atoms with Gasteiger partial charge in [0.1, 0.15) is 11.6 Å². The molecule has 3 heteroatoms. The van der Waals surface area contributed by atoms with Gasteiger partial charge >= 0.3 is 0 Å². The zero-order valence-electron chi connectivity index (χ0n) is 10.7. The number of aliphatic hydroxyl groups is 1. The van der Waals surface area contributed by atoms with Gasteiger partial charge < -0.3 is 5.11 Å². The summed E-state index contributed by atoms with van der Waals surface area (Å²) in [5.74, 6) is -0.798. The van der Waals surface area contributed by atoms with Crippen molar-refractivity contribution in [1.29, 1.82) is 0 Å². The zero-order chi connectivity index (χ0) is 13.9. The lowest BCUT2D eigenvalue weighted by Crippen LogP contribution is -2.29. The van der Waals surface area contributed by atoms with Crippen molar-refractivity contribution in [3.8, 4) is 0 Å². The summed E-state index contributed by atoms with van der Waals surface area (Å²) in [5, 5.41) is 10.7. The normalized spacial score (nSPS) is 14.1. The number of hydrogen-bond acceptors (Lipinski definition) is 1. The monoisotopic (exact) mass is 262 g/mol. The second-order valence-corrected chi connectivity index (χ2v) is 4.67. The van der Waals surface area contributed by atoms with Crippen molar-refractivity contribution in [2.24, 2.45) is 0 Å². The van der Waals surface area contributed by atoms with E-state index in [1.807, 2.05) is 0 Å². The molecule has 0 bridgehead atoms. The minimum Gasteiger partial charge on any atom is -0.385 e. The van der Waals surface area contributed by atoms with Gasteiger partial charge in [-0.05, 0) is 30.2 Å². The number of rotatable bonds is 4. The third-order valence-corrected chi connectivity index (χ3v) is 3.35. The molecule has 1 atom stereocenters. The lowest BCUT2D eigenvalue weighted by atomic mass is 9.85. The molecule has 0 aliphatic rings. The maximum Gasteiger partial charge on any atom is 0.129 e. The summed E-state index contributed by atoms with van der Waals surface area (Å²) in [7, 11) is 0. The SMILES string of the molecule is CCC(O)(Cc1cccc(F)c1)c1ccccc1F. The highest BCUT2D eigenvalue weighted by molar-refractivity contribution is 5.28. The van der Waals surface area contributed by atoms with Crippen LogP contribution >= 0.6 is 0 Å². The van der Waals surface area contributed by atoms with Gasteiger partial charge in [0.2, 0.25) is 0 Å². The van der Waals surface area contributed by atoms with Crippen molar-refractivity contribution in [2.45, 2.75) is 25.4 Å². The van der Waals surface area contributed by atoms with Crippen LogP contribution in [0, 0.1) is 11.6 Å². The van der Waals surface area contributed by atoms with E-state index in [9.17, 15) is 13.9 Å². The minimum absolute atomic E-state index is 0.183. The van der Waals surface area contributed by atoms with Crippen LogP contribution in [0.5, 0.6) is 0 Å². The van der Waals surface area contributed by atoms with Gasteiger partial charge in [-0.15, -0.1) is 0 Å². The van der Waals surface area contributed by atoms with E-state index in [-0.39, 0.29) is 17.8 Å². The number of halogens is 2. The molecule has 0 amide bonds. The molecule has 0 spiro atoms. The van der Waals surface area contributed by atoms with Crippen molar-refractivity contribution >= 4 is 0 Å². The summed E-state index contributed by atoms with van der Waals surface area (Å²) in [6.45, 7) is 1.78. The summed E-state index contributed by atoms with van der Waals surface area (Å²) in [6, 6.07) is 12.2. The van der Waals surface area contributed by atoms with Crippen LogP contribution in [-0.2, 0) is 12.0 Å². The summed E-state index contributed by atoms with van der Waals surface area (Å²) in [6.07, 6.45) is 0.534. The first-order chi connectivity index (χ1) is 9.05. The van der Waals surface area contributed by atoms with E-state index in [0.29, 0.717) is 12.0 Å². The molecule has 0 radical (unpaired) electrons. The highest BCUT2D eigenvalue weighted by atomic mass is 19.1. The van der Waals surface area contributed by atoms with Crippen molar-refractivity contribution in [1.82, 2.24) is 0 Å². The smallest absolute Gasteiger partial charge is 0.129 e. The van der Waals surface area contributed by atoms with Gasteiger partial charge in [-0.3, -0.25) is 0 Å². The van der Waals surface area contributed by atoms with E-state index in [4.69, 9.17) is 0 Å². The highest BCUT2D eigenvalue weighted by Crippen LogP contribution is 2.31. The predicted molar refractivity (Wildman–Crippen MR) is 70.7 cm³/mol. The Hall–Kier alpha value is -1.74. The lowest BCUT2D eigenvalue weighted by molar-refractivity contribution is 0.0291. The summed E-state index contributed by atoms with van der Waals surface area (Å²) in [5.41, 5.74) is -0.423. The van der Waals surface area contributed by atoms with Crippen LogP contribution in [0.2, 0.25) is 0 Å². The first-order valence-corrected chi connectivity index (χ1v) is 6.27. The van der Waals surface area contributed by atoms with Crippen LogP contribution in [0.3, 0.4) is 0 Å². The van der Waals surface area contributed by atoms with Crippen LogP contribution in [0.1, 0.15) is 24.5 Å². The Labute approximate surface area is 111 Å². The molecule has 0 saturated carbocycles. The molecule has 0 saturated heterocycles. The Balaban J connectivity index is 2.36. The van der Waals surface area contributed by atoms with Crippen LogP contribution in [0.15, 0.2) is 48.5 Å². The van der Waals surface area contributed by atoms with Crippen LogP contribution in [0.25, 0.3) is 0 Å². The van der Waals surface area contributed by atoms with Gasteiger partial charge in [0, 0.05) is 12.0 Å². The Morgan fingerprint density at radius 3 is 2.42 bits per heavy atom. The quantitative estimate of drug-likeness (QED) is 0.888. The van der Waals surface area contributed by atoms with Crippen LogP contribution < -0.4 is 0 Å². The van der Waals surface area contributed by atoms with Crippen molar-refractivity contribution in [3.63, 3.8) is 0 Å². The van der Waals surface area contributed by atoms with E-state index in [1.54, 1.807) is 37.3 Å². The first kappa shape index (κ1) is 13.7. The molecule has 2 rings (SSSR count). The maximum absolute atomic E-state index is 13.8. The van der Waals surface area contributed by atoms with Crippen LogP contribution in [-0.4, -0.2) is 5.11 Å². The fourth-order valence-electron chi connectivity index (χ4n) is 2.23. The standard InChI is InChI=1S/C16H16F2O/c1-2-16(19,14-8-3-4-9-15(14)18)11-12-6-5-7-13(17)10-12/h3-10,19H,2,11H2,1H3. The van der Waals surface area contributed by atoms with Gasteiger partial charge in [0.25, 0.3) is 0 Å². The average molecular weight is 262 g/mol. The van der Waals surface area contributed by atoms with Crippen molar-refractivity contribution < 1.29 is 13.9 Å². The molecule has 100 valence electrons. The van der Waals surface area contributed by atoms with Crippen LogP contribution in [0.4, 0.5) is 8.78 Å². The van der Waals surface area contributed by atoms with E-state index < -0.39 is 11.4 Å². The van der Waals surface area contributed by atoms with Gasteiger partial charge in [0.15, 0.2) is 0 Å². The van der Waals surface area contributed by atoms with Crippen molar-refractivity contribution in [2.75, 3.05) is 0 Å². The topological polar surface area (TPSA) is 20.2 Å².